The molecule has 0 saturated heterocycles. The van der Waals surface area contributed by atoms with E-state index in [-0.39, 0.29) is 30.1 Å². The van der Waals surface area contributed by atoms with E-state index in [0.717, 1.165) is 18.2 Å². The SMILES string of the molecule is CC(C)CNC(=O)CCNCc1cc(F)ccc1[N+](=O)[O-]. The summed E-state index contributed by atoms with van der Waals surface area (Å²) in [6.07, 6.45) is 0.274. The fourth-order valence-electron chi connectivity index (χ4n) is 1.71. The van der Waals surface area contributed by atoms with Crippen LogP contribution in [0.15, 0.2) is 18.2 Å². The van der Waals surface area contributed by atoms with Crippen molar-refractivity contribution in [2.24, 2.45) is 5.92 Å². The molecule has 0 fully saturated rings. The number of rotatable bonds is 8. The van der Waals surface area contributed by atoms with E-state index < -0.39 is 10.7 Å². The van der Waals surface area contributed by atoms with Crippen molar-refractivity contribution in [1.82, 2.24) is 10.6 Å². The van der Waals surface area contributed by atoms with E-state index in [1.165, 1.54) is 0 Å². The van der Waals surface area contributed by atoms with Crippen LogP contribution in [-0.2, 0) is 11.3 Å². The molecule has 0 saturated carbocycles. The number of carbonyl (C=O) groups excluding carboxylic acids is 1. The van der Waals surface area contributed by atoms with Gasteiger partial charge in [0, 0.05) is 37.7 Å². The molecule has 0 aliphatic rings. The quantitative estimate of drug-likeness (QED) is 0.436. The highest BCUT2D eigenvalue weighted by Crippen LogP contribution is 2.19. The van der Waals surface area contributed by atoms with Crippen LogP contribution in [0.4, 0.5) is 10.1 Å². The van der Waals surface area contributed by atoms with Gasteiger partial charge in [-0.25, -0.2) is 4.39 Å². The summed E-state index contributed by atoms with van der Waals surface area (Å²) in [5.41, 5.74) is 0.135. The minimum absolute atomic E-state index is 0.0788. The number of nitrogens with one attached hydrogen (secondary N) is 2. The highest BCUT2D eigenvalue weighted by molar-refractivity contribution is 5.76. The Morgan fingerprint density at radius 2 is 2.14 bits per heavy atom. The summed E-state index contributed by atoms with van der Waals surface area (Å²) in [6.45, 7) is 5.14. The number of carbonyl (C=O) groups is 1. The van der Waals surface area contributed by atoms with Gasteiger partial charge < -0.3 is 10.6 Å². The zero-order chi connectivity index (χ0) is 15.8. The summed E-state index contributed by atoms with van der Waals surface area (Å²) in [6, 6.07) is 3.33. The van der Waals surface area contributed by atoms with Gasteiger partial charge in [-0.3, -0.25) is 14.9 Å². The lowest BCUT2D eigenvalue weighted by Crippen LogP contribution is -2.30. The summed E-state index contributed by atoms with van der Waals surface area (Å²) >= 11 is 0. The van der Waals surface area contributed by atoms with E-state index in [4.69, 9.17) is 0 Å². The Bertz CT molecular complexity index is 506. The van der Waals surface area contributed by atoms with Crippen molar-refractivity contribution < 1.29 is 14.1 Å². The van der Waals surface area contributed by atoms with Crippen LogP contribution < -0.4 is 10.6 Å². The highest BCUT2D eigenvalue weighted by Gasteiger charge is 2.13. The Hall–Kier alpha value is -2.02. The second-order valence-corrected chi connectivity index (χ2v) is 5.15. The van der Waals surface area contributed by atoms with E-state index in [2.05, 4.69) is 10.6 Å². The zero-order valence-corrected chi connectivity index (χ0v) is 12.2. The zero-order valence-electron chi connectivity index (χ0n) is 12.2. The molecule has 0 radical (unpaired) electrons. The van der Waals surface area contributed by atoms with Gasteiger partial charge in [-0.1, -0.05) is 13.8 Å². The Morgan fingerprint density at radius 1 is 1.43 bits per heavy atom. The van der Waals surface area contributed by atoms with Crippen LogP contribution in [0.25, 0.3) is 0 Å². The molecular weight excluding hydrogens is 277 g/mol. The van der Waals surface area contributed by atoms with Gasteiger partial charge in [0.15, 0.2) is 0 Å². The molecule has 0 aliphatic carbocycles. The fraction of sp³-hybridized carbons (Fsp3) is 0.500. The average molecular weight is 297 g/mol. The van der Waals surface area contributed by atoms with Crippen molar-refractivity contribution >= 4 is 11.6 Å². The summed E-state index contributed by atoms with van der Waals surface area (Å²) in [5, 5.41) is 16.5. The van der Waals surface area contributed by atoms with Gasteiger partial charge in [0.05, 0.1) is 4.92 Å². The maximum Gasteiger partial charge on any atom is 0.274 e. The summed E-state index contributed by atoms with van der Waals surface area (Å²) in [7, 11) is 0. The number of amides is 1. The average Bonchev–Trinajstić information content (AvgIpc) is 2.41. The van der Waals surface area contributed by atoms with Gasteiger partial charge in [-0.05, 0) is 18.1 Å². The normalized spacial score (nSPS) is 10.7. The molecule has 21 heavy (non-hydrogen) atoms. The van der Waals surface area contributed by atoms with Crippen LogP contribution >= 0.6 is 0 Å². The van der Waals surface area contributed by atoms with Gasteiger partial charge in [-0.15, -0.1) is 0 Å². The van der Waals surface area contributed by atoms with Crippen LogP contribution in [0.2, 0.25) is 0 Å². The molecule has 0 aliphatic heterocycles. The second-order valence-electron chi connectivity index (χ2n) is 5.15. The van der Waals surface area contributed by atoms with Gasteiger partial charge in [-0.2, -0.15) is 0 Å². The molecule has 0 atom stereocenters. The topological polar surface area (TPSA) is 84.3 Å². The molecule has 116 valence electrons. The number of hydrogen-bond donors (Lipinski definition) is 2. The van der Waals surface area contributed by atoms with Crippen molar-refractivity contribution in [3.8, 4) is 0 Å². The van der Waals surface area contributed by atoms with E-state index in [1.807, 2.05) is 13.8 Å². The summed E-state index contributed by atoms with van der Waals surface area (Å²) in [5.74, 6) is -0.214. The first-order chi connectivity index (χ1) is 9.90. The first kappa shape index (κ1) is 17.0. The van der Waals surface area contributed by atoms with Crippen LogP contribution in [-0.4, -0.2) is 23.9 Å². The van der Waals surface area contributed by atoms with Crippen LogP contribution in [0.5, 0.6) is 0 Å². The Labute approximate surface area is 122 Å². The van der Waals surface area contributed by atoms with Gasteiger partial charge >= 0.3 is 0 Å². The van der Waals surface area contributed by atoms with Crippen LogP contribution in [0.1, 0.15) is 25.8 Å². The molecule has 0 heterocycles. The molecule has 7 heteroatoms. The van der Waals surface area contributed by atoms with Crippen LogP contribution in [0.3, 0.4) is 0 Å². The Morgan fingerprint density at radius 3 is 2.76 bits per heavy atom. The van der Waals surface area contributed by atoms with Crippen LogP contribution in [0, 0.1) is 21.8 Å². The Balaban J connectivity index is 2.41. The molecule has 1 aromatic rings. The number of nitro benzene ring substituents is 1. The fourth-order valence-corrected chi connectivity index (χ4v) is 1.71. The molecule has 2 N–H and O–H groups in total. The monoisotopic (exact) mass is 297 g/mol. The molecule has 1 aromatic carbocycles. The molecule has 0 bridgehead atoms. The summed E-state index contributed by atoms with van der Waals surface area (Å²) in [4.78, 5) is 21.7. The molecule has 0 aromatic heterocycles. The van der Waals surface area contributed by atoms with Gasteiger partial charge in [0.1, 0.15) is 5.82 Å². The predicted molar refractivity (Wildman–Crippen MR) is 77.2 cm³/mol. The first-order valence-corrected chi connectivity index (χ1v) is 6.80. The van der Waals surface area contributed by atoms with E-state index >= 15 is 0 Å². The number of nitro groups is 1. The predicted octanol–water partition coefficient (Wildman–Crippen LogP) is 1.99. The van der Waals surface area contributed by atoms with Crippen molar-refractivity contribution in [2.45, 2.75) is 26.8 Å². The molecular formula is C14H20FN3O3. The lowest BCUT2D eigenvalue weighted by molar-refractivity contribution is -0.385. The smallest absolute Gasteiger partial charge is 0.274 e. The Kier molecular flexibility index (Phi) is 6.74. The maximum absolute atomic E-state index is 13.1. The van der Waals surface area contributed by atoms with Crippen molar-refractivity contribution in [1.29, 1.82) is 0 Å². The third kappa shape index (κ3) is 6.31. The van der Waals surface area contributed by atoms with E-state index in [9.17, 15) is 19.3 Å². The molecule has 1 amide bonds. The summed E-state index contributed by atoms with van der Waals surface area (Å²) < 4.78 is 13.1. The first-order valence-electron chi connectivity index (χ1n) is 6.80. The third-order valence-electron chi connectivity index (χ3n) is 2.79. The number of nitrogens with zero attached hydrogens (tertiary/aromatic N) is 1. The van der Waals surface area contributed by atoms with Crippen molar-refractivity contribution in [3.05, 3.63) is 39.7 Å². The van der Waals surface area contributed by atoms with Crippen molar-refractivity contribution in [3.63, 3.8) is 0 Å². The second kappa shape index (κ2) is 8.31. The molecule has 0 unspecified atom stereocenters. The minimum atomic E-state index is -0.550. The van der Waals surface area contributed by atoms with E-state index in [0.29, 0.717) is 19.0 Å². The number of hydrogen-bond acceptors (Lipinski definition) is 4. The van der Waals surface area contributed by atoms with E-state index in [1.54, 1.807) is 0 Å². The molecule has 1 rings (SSSR count). The maximum atomic E-state index is 13.1. The van der Waals surface area contributed by atoms with Crippen molar-refractivity contribution in [2.75, 3.05) is 13.1 Å². The number of halogens is 1. The minimum Gasteiger partial charge on any atom is -0.356 e. The number of benzene rings is 1. The standard InChI is InChI=1S/C14H20FN3O3/c1-10(2)8-17-14(19)5-6-16-9-11-7-12(15)3-4-13(11)18(20)21/h3-4,7,10,16H,5-6,8-9H2,1-2H3,(H,17,19). The van der Waals surface area contributed by atoms with Gasteiger partial charge in [0.2, 0.25) is 5.91 Å². The molecule has 0 spiro atoms. The largest absolute Gasteiger partial charge is 0.356 e. The lowest BCUT2D eigenvalue weighted by atomic mass is 10.1. The molecule has 6 nitrogen and oxygen atoms in total. The van der Waals surface area contributed by atoms with Gasteiger partial charge in [0.25, 0.3) is 5.69 Å². The lowest BCUT2D eigenvalue weighted by Gasteiger charge is -2.08. The third-order valence-corrected chi connectivity index (χ3v) is 2.79. The highest BCUT2D eigenvalue weighted by atomic mass is 19.1.